The smallest absolute Gasteiger partial charge is 0.345 e. The first kappa shape index (κ1) is 29.3. The largest absolute Gasteiger partial charge is 0.488 e. The van der Waals surface area contributed by atoms with Crippen molar-refractivity contribution in [2.24, 2.45) is 0 Å². The van der Waals surface area contributed by atoms with Crippen molar-refractivity contribution in [2.75, 3.05) is 25.1 Å². The van der Waals surface area contributed by atoms with E-state index in [2.05, 4.69) is 41.6 Å². The van der Waals surface area contributed by atoms with Crippen molar-refractivity contribution in [2.45, 2.75) is 58.5 Å². The first-order valence-electron chi connectivity index (χ1n) is 14.3. The molecule has 9 nitrogen and oxygen atoms in total. The number of anilines is 1. The zero-order valence-corrected chi connectivity index (χ0v) is 24.3. The summed E-state index contributed by atoms with van der Waals surface area (Å²) in [7, 11) is 0. The normalized spacial score (nSPS) is 20.6. The van der Waals surface area contributed by atoms with Crippen LogP contribution in [-0.2, 0) is 38.6 Å². The van der Waals surface area contributed by atoms with Crippen LogP contribution in [0.4, 0.5) is 5.82 Å². The number of fused-ring (bicyclic) bond motifs is 2. The average molecular weight is 572 g/mol. The number of carbonyl (C=O) groups is 1. The lowest BCUT2D eigenvalue weighted by Crippen LogP contribution is -2.49. The molecule has 1 atom stereocenters. The first-order chi connectivity index (χ1) is 20.3. The van der Waals surface area contributed by atoms with Gasteiger partial charge in [-0.3, -0.25) is 4.90 Å². The molecule has 4 heterocycles. The minimum Gasteiger partial charge on any atom is -0.488 e. The first-order valence-corrected chi connectivity index (χ1v) is 14.3. The lowest BCUT2D eigenvalue weighted by Gasteiger charge is -2.37. The topological polar surface area (TPSA) is 108 Å². The summed E-state index contributed by atoms with van der Waals surface area (Å²) in [6, 6.07) is 12.9. The van der Waals surface area contributed by atoms with Gasteiger partial charge in [0.05, 0.1) is 5.57 Å². The molecule has 0 amide bonds. The number of hydrogen-bond donors (Lipinski definition) is 3. The van der Waals surface area contributed by atoms with Crippen molar-refractivity contribution in [3.8, 4) is 0 Å². The highest BCUT2D eigenvalue weighted by Gasteiger charge is 2.34. The number of allylic oxidation sites excluding steroid dienone is 3. The number of hydrogen-bond acceptors (Lipinski definition) is 7. The summed E-state index contributed by atoms with van der Waals surface area (Å²) in [5.41, 5.74) is 5.86. The molecule has 3 N–H and O–H groups in total. The Morgan fingerprint density at radius 1 is 1.26 bits per heavy atom. The summed E-state index contributed by atoms with van der Waals surface area (Å²) in [4.78, 5) is 14.2. The van der Waals surface area contributed by atoms with Crippen molar-refractivity contribution in [3.05, 3.63) is 101 Å². The Kier molecular flexibility index (Phi) is 8.89. The van der Waals surface area contributed by atoms with Gasteiger partial charge in [-0.15, -0.1) is 0 Å². The number of rotatable bonds is 9. The highest BCUT2D eigenvalue weighted by Crippen LogP contribution is 2.30. The van der Waals surface area contributed by atoms with Gasteiger partial charge in [0.25, 0.3) is 5.82 Å². The fraction of sp³-hybridized carbons (Fsp3) is 0.364. The second-order valence-electron chi connectivity index (χ2n) is 10.9. The standard InChI is InChI=1S/C33H38N4O5/c1-5-27(29-7-6-8-30-35-32(28(18-34)33(38)39)42-22(4)37(29)30)31(21(2)3)41-20-23-9-10-25-19-36(14-11-24(25)17-23)26-12-15-40-16-13-26/h5-10,17-18,22,26,34H,1-2,11-16,19-20H2,3-4H3,(H,38,39)/p+1/b31-27-,32-28-,34-18?. The molecule has 3 aliphatic rings. The number of carboxylic acids is 1. The van der Waals surface area contributed by atoms with Crippen molar-refractivity contribution in [1.82, 2.24) is 4.90 Å². The van der Waals surface area contributed by atoms with Gasteiger partial charge in [0, 0.05) is 51.5 Å². The Hall–Kier alpha value is -4.21. The van der Waals surface area contributed by atoms with E-state index >= 15 is 0 Å². The van der Waals surface area contributed by atoms with E-state index in [0.29, 0.717) is 24.2 Å². The van der Waals surface area contributed by atoms with Gasteiger partial charge in [0.1, 0.15) is 18.1 Å². The van der Waals surface area contributed by atoms with E-state index < -0.39 is 12.2 Å². The molecule has 3 aliphatic heterocycles. The molecule has 9 heteroatoms. The van der Waals surface area contributed by atoms with Crippen molar-refractivity contribution >= 4 is 23.6 Å². The Bertz CT molecular complexity index is 1470. The molecule has 5 rings (SSSR count). The zero-order chi connectivity index (χ0) is 29.8. The number of nitrogens with one attached hydrogen (secondary N) is 2. The van der Waals surface area contributed by atoms with Crippen LogP contribution in [0.5, 0.6) is 0 Å². The minimum atomic E-state index is -1.24. The number of aromatic nitrogens is 1. The predicted octanol–water partition coefficient (Wildman–Crippen LogP) is 5.11. The number of aliphatic carboxylic acids is 1. The maximum Gasteiger partial charge on any atom is 0.345 e. The van der Waals surface area contributed by atoms with Crippen molar-refractivity contribution in [1.29, 1.82) is 5.41 Å². The zero-order valence-electron chi connectivity index (χ0n) is 24.3. The van der Waals surface area contributed by atoms with Gasteiger partial charge in [-0.05, 0) is 60.6 Å². The number of carboxylic acid groups (broad SMARTS) is 1. The second kappa shape index (κ2) is 12.8. The van der Waals surface area contributed by atoms with Crippen LogP contribution in [0, 0.1) is 5.41 Å². The molecule has 0 spiro atoms. The van der Waals surface area contributed by atoms with Gasteiger partial charge < -0.3 is 24.7 Å². The average Bonchev–Trinajstić information content (AvgIpc) is 2.99. The van der Waals surface area contributed by atoms with E-state index in [4.69, 9.17) is 19.6 Å². The fourth-order valence-electron chi connectivity index (χ4n) is 5.94. The van der Waals surface area contributed by atoms with E-state index in [1.54, 1.807) is 6.08 Å². The van der Waals surface area contributed by atoms with E-state index in [-0.39, 0.29) is 11.5 Å². The van der Waals surface area contributed by atoms with Gasteiger partial charge in [-0.1, -0.05) is 37.4 Å². The number of nitrogens with zero attached hydrogens (tertiary/aromatic N) is 2. The van der Waals surface area contributed by atoms with Gasteiger partial charge >= 0.3 is 11.9 Å². The van der Waals surface area contributed by atoms with Crippen LogP contribution in [0.3, 0.4) is 0 Å². The maximum absolute atomic E-state index is 11.6. The molecule has 1 saturated heterocycles. The summed E-state index contributed by atoms with van der Waals surface area (Å²) < 4.78 is 19.8. The Labute approximate surface area is 246 Å². The molecule has 42 heavy (non-hydrogen) atoms. The quantitative estimate of drug-likeness (QED) is 0.126. The Morgan fingerprint density at radius 2 is 2.05 bits per heavy atom. The maximum atomic E-state index is 11.6. The van der Waals surface area contributed by atoms with E-state index in [9.17, 15) is 9.90 Å². The minimum absolute atomic E-state index is 0.0194. The molecule has 0 saturated carbocycles. The van der Waals surface area contributed by atoms with Crippen LogP contribution in [0.25, 0.3) is 5.57 Å². The molecule has 0 radical (unpaired) electrons. The van der Waals surface area contributed by atoms with Crippen LogP contribution in [0.15, 0.2) is 78.4 Å². The molecule has 2 aromatic rings. The van der Waals surface area contributed by atoms with Gasteiger partial charge in [0.2, 0.25) is 6.23 Å². The third kappa shape index (κ3) is 6.03. The highest BCUT2D eigenvalue weighted by atomic mass is 16.5. The van der Waals surface area contributed by atoms with Crippen molar-refractivity contribution in [3.63, 3.8) is 0 Å². The number of ether oxygens (including phenoxy) is 3. The van der Waals surface area contributed by atoms with Crippen LogP contribution < -0.4 is 9.88 Å². The fourth-order valence-corrected chi connectivity index (χ4v) is 5.94. The number of pyridine rings is 1. The van der Waals surface area contributed by atoms with E-state index in [1.807, 2.05) is 36.6 Å². The molecule has 220 valence electrons. The lowest BCUT2D eigenvalue weighted by molar-refractivity contribution is -0.750. The second-order valence-corrected chi connectivity index (χ2v) is 10.9. The van der Waals surface area contributed by atoms with Gasteiger partial charge in [-0.2, -0.15) is 4.57 Å². The highest BCUT2D eigenvalue weighted by molar-refractivity contribution is 6.08. The summed E-state index contributed by atoms with van der Waals surface area (Å²) in [6.45, 7) is 16.1. The van der Waals surface area contributed by atoms with Crippen LogP contribution in [0.2, 0.25) is 0 Å². The SMILES string of the molecule is C=C/C(=C(/OCc1ccc2c(c1)CCN(C1CCOCC1)C2)C(=C)C)c1cccc2[n+]1C(C)O/C(=C(/C=N)C(=O)O)N2. The Balaban J connectivity index is 1.39. The van der Waals surface area contributed by atoms with Crippen LogP contribution >= 0.6 is 0 Å². The Morgan fingerprint density at radius 3 is 2.74 bits per heavy atom. The summed E-state index contributed by atoms with van der Waals surface area (Å²) in [6.07, 6.45) is 5.18. The molecule has 0 bridgehead atoms. The third-order valence-corrected chi connectivity index (χ3v) is 8.06. The van der Waals surface area contributed by atoms with Gasteiger partial charge in [0.15, 0.2) is 5.57 Å². The van der Waals surface area contributed by atoms with Crippen LogP contribution in [-0.4, -0.2) is 48.0 Å². The summed E-state index contributed by atoms with van der Waals surface area (Å²) in [5.74, 6) is 0.0130. The van der Waals surface area contributed by atoms with E-state index in [0.717, 1.165) is 74.2 Å². The molecule has 1 aromatic heterocycles. The monoisotopic (exact) mass is 571 g/mol. The molecule has 0 aliphatic carbocycles. The summed E-state index contributed by atoms with van der Waals surface area (Å²) in [5, 5.41) is 20.0. The molecule has 1 aromatic carbocycles. The van der Waals surface area contributed by atoms with Crippen molar-refractivity contribution < 1.29 is 28.7 Å². The lowest BCUT2D eigenvalue weighted by atomic mass is 9.95. The number of benzene rings is 1. The molecular formula is C33H39N4O5+. The molecular weight excluding hydrogens is 532 g/mol. The third-order valence-electron chi connectivity index (χ3n) is 8.06. The van der Waals surface area contributed by atoms with E-state index in [1.165, 1.54) is 11.1 Å². The van der Waals surface area contributed by atoms with Crippen LogP contribution in [0.1, 0.15) is 55.3 Å². The predicted molar refractivity (Wildman–Crippen MR) is 161 cm³/mol. The summed E-state index contributed by atoms with van der Waals surface area (Å²) >= 11 is 0. The molecule has 1 fully saturated rings. The molecule has 1 unspecified atom stereocenters. The van der Waals surface area contributed by atoms with Gasteiger partial charge in [-0.25, -0.2) is 10.1 Å².